The number of halogens is 3. The molecule has 6 nitrogen and oxygen atoms in total. The summed E-state index contributed by atoms with van der Waals surface area (Å²) >= 11 is 0. The van der Waals surface area contributed by atoms with Gasteiger partial charge in [0, 0.05) is 7.05 Å². The lowest BCUT2D eigenvalue weighted by molar-refractivity contribution is -0.274. The average Bonchev–Trinajstić information content (AvgIpc) is 3.06. The number of anilines is 1. The van der Waals surface area contributed by atoms with E-state index >= 15 is 0 Å². The molecule has 2 N–H and O–H groups in total. The van der Waals surface area contributed by atoms with Gasteiger partial charge in [-0.2, -0.15) is 13.2 Å². The lowest BCUT2D eigenvalue weighted by atomic mass is 9.98. The van der Waals surface area contributed by atoms with E-state index in [1.807, 2.05) is 0 Å². The molecule has 1 unspecified atom stereocenters. The van der Waals surface area contributed by atoms with Gasteiger partial charge < -0.3 is 9.52 Å². The standard InChI is InChI=1S/C18H16F3N3O3/c1-24(12-7-3-2-4-8-12)23-15(25)11-17(26,18(19,20)21)16-22-13-9-5-6-10-14(13)27-16/h2-10,26H,11H2,1H3,(H,23,25). The molecule has 0 saturated carbocycles. The topological polar surface area (TPSA) is 78.6 Å². The quantitative estimate of drug-likeness (QED) is 0.666. The number of hydrogen-bond donors (Lipinski definition) is 2. The Balaban J connectivity index is 1.85. The van der Waals surface area contributed by atoms with Crippen LogP contribution in [0, 0.1) is 0 Å². The maximum Gasteiger partial charge on any atom is 0.426 e. The summed E-state index contributed by atoms with van der Waals surface area (Å²) in [6.45, 7) is 0. The number of carbonyl (C=O) groups excluding carboxylic acids is 1. The van der Waals surface area contributed by atoms with Crippen LogP contribution in [0.25, 0.3) is 11.1 Å². The molecule has 0 spiro atoms. The van der Waals surface area contributed by atoms with E-state index < -0.39 is 30.0 Å². The number of aromatic nitrogens is 1. The summed E-state index contributed by atoms with van der Waals surface area (Å²) in [5.74, 6) is -2.03. The Morgan fingerprint density at radius 3 is 2.41 bits per heavy atom. The molecule has 142 valence electrons. The molecule has 0 bridgehead atoms. The van der Waals surface area contributed by atoms with Gasteiger partial charge in [0.05, 0.1) is 12.1 Å². The van der Waals surface area contributed by atoms with Crippen LogP contribution in [0.5, 0.6) is 0 Å². The van der Waals surface area contributed by atoms with Gasteiger partial charge in [-0.1, -0.05) is 30.3 Å². The van der Waals surface area contributed by atoms with E-state index in [1.165, 1.54) is 24.2 Å². The van der Waals surface area contributed by atoms with E-state index in [0.717, 1.165) is 0 Å². The number of hydrazine groups is 1. The predicted octanol–water partition coefficient (Wildman–Crippen LogP) is 3.14. The first-order valence-electron chi connectivity index (χ1n) is 7.94. The summed E-state index contributed by atoms with van der Waals surface area (Å²) in [5.41, 5.74) is -0.480. The third-order valence-corrected chi connectivity index (χ3v) is 3.97. The fourth-order valence-corrected chi connectivity index (χ4v) is 2.52. The normalized spacial score (nSPS) is 14.0. The lowest BCUT2D eigenvalue weighted by Gasteiger charge is -2.28. The second kappa shape index (κ2) is 6.92. The molecule has 0 aliphatic carbocycles. The van der Waals surface area contributed by atoms with Crippen molar-refractivity contribution in [2.24, 2.45) is 0 Å². The van der Waals surface area contributed by atoms with Gasteiger partial charge in [-0.05, 0) is 24.3 Å². The Hall–Kier alpha value is -3.07. The van der Waals surface area contributed by atoms with Crippen molar-refractivity contribution in [3.63, 3.8) is 0 Å². The monoisotopic (exact) mass is 379 g/mol. The third kappa shape index (κ3) is 3.72. The van der Waals surface area contributed by atoms with Crippen molar-refractivity contribution < 1.29 is 27.5 Å². The molecule has 3 aromatic rings. The molecule has 1 amide bonds. The number of alkyl halides is 3. The molecule has 0 aliphatic heterocycles. The van der Waals surface area contributed by atoms with Crippen LogP contribution >= 0.6 is 0 Å². The summed E-state index contributed by atoms with van der Waals surface area (Å²) in [5, 5.41) is 11.6. The highest BCUT2D eigenvalue weighted by Crippen LogP contribution is 2.42. The summed E-state index contributed by atoms with van der Waals surface area (Å²) in [7, 11) is 1.47. The van der Waals surface area contributed by atoms with Gasteiger partial charge in [-0.15, -0.1) is 0 Å². The third-order valence-electron chi connectivity index (χ3n) is 3.97. The van der Waals surface area contributed by atoms with Crippen LogP contribution in [0.2, 0.25) is 0 Å². The van der Waals surface area contributed by atoms with Crippen molar-refractivity contribution in [2.75, 3.05) is 12.1 Å². The second-order valence-electron chi connectivity index (χ2n) is 5.95. The molecule has 1 heterocycles. The number of oxazole rings is 1. The zero-order valence-electron chi connectivity index (χ0n) is 14.2. The number of rotatable bonds is 5. The van der Waals surface area contributed by atoms with E-state index in [1.54, 1.807) is 42.5 Å². The Kier molecular flexibility index (Phi) is 4.79. The minimum atomic E-state index is -5.17. The van der Waals surface area contributed by atoms with Gasteiger partial charge in [0.25, 0.3) is 0 Å². The molecule has 1 atom stereocenters. The molecule has 9 heteroatoms. The smallest absolute Gasteiger partial charge is 0.426 e. The molecular formula is C18H16F3N3O3. The molecule has 1 aromatic heterocycles. The SMILES string of the molecule is CN(NC(=O)CC(O)(c1nc2ccccc2o1)C(F)(F)F)c1ccccc1. The highest BCUT2D eigenvalue weighted by atomic mass is 19.4. The van der Waals surface area contributed by atoms with Crippen molar-refractivity contribution in [3.8, 4) is 0 Å². The highest BCUT2D eigenvalue weighted by Gasteiger charge is 2.60. The Morgan fingerprint density at radius 2 is 1.78 bits per heavy atom. The lowest BCUT2D eigenvalue weighted by Crippen LogP contribution is -2.49. The molecular weight excluding hydrogens is 363 g/mol. The van der Waals surface area contributed by atoms with Crippen molar-refractivity contribution in [1.29, 1.82) is 0 Å². The second-order valence-corrected chi connectivity index (χ2v) is 5.95. The van der Waals surface area contributed by atoms with E-state index in [2.05, 4.69) is 10.4 Å². The Labute approximate surface area is 152 Å². The number of carbonyl (C=O) groups is 1. The van der Waals surface area contributed by atoms with Crippen molar-refractivity contribution >= 4 is 22.7 Å². The van der Waals surface area contributed by atoms with Crippen molar-refractivity contribution in [1.82, 2.24) is 10.4 Å². The minimum absolute atomic E-state index is 0.0805. The summed E-state index contributed by atoms with van der Waals surface area (Å²) in [4.78, 5) is 15.9. The van der Waals surface area contributed by atoms with Crippen LogP contribution in [-0.4, -0.2) is 29.2 Å². The predicted molar refractivity (Wildman–Crippen MR) is 91.6 cm³/mol. The number of nitrogens with one attached hydrogen (secondary N) is 1. The van der Waals surface area contributed by atoms with Gasteiger partial charge in [0.2, 0.25) is 17.4 Å². The molecule has 0 radical (unpaired) electrons. The summed E-state index contributed by atoms with van der Waals surface area (Å²) < 4.78 is 45.9. The molecule has 0 saturated heterocycles. The fraction of sp³-hybridized carbons (Fsp3) is 0.222. The number of aliphatic hydroxyl groups is 1. The number of amides is 1. The van der Waals surface area contributed by atoms with Crippen molar-refractivity contribution in [3.05, 3.63) is 60.5 Å². The van der Waals surface area contributed by atoms with Gasteiger partial charge in [-0.25, -0.2) is 4.98 Å². The highest BCUT2D eigenvalue weighted by molar-refractivity contribution is 5.79. The maximum absolute atomic E-state index is 13.6. The number of fused-ring (bicyclic) bond motifs is 1. The Bertz CT molecular complexity index is 910. The maximum atomic E-state index is 13.6. The van der Waals surface area contributed by atoms with Gasteiger partial charge >= 0.3 is 6.18 Å². The Morgan fingerprint density at radius 1 is 1.15 bits per heavy atom. The first-order chi connectivity index (χ1) is 12.7. The number of hydrogen-bond acceptors (Lipinski definition) is 5. The van der Waals surface area contributed by atoms with Crippen LogP contribution in [0.3, 0.4) is 0 Å². The molecule has 2 aromatic carbocycles. The van der Waals surface area contributed by atoms with Crippen LogP contribution in [0.15, 0.2) is 59.0 Å². The molecule has 0 fully saturated rings. The van der Waals surface area contributed by atoms with E-state index in [-0.39, 0.29) is 11.1 Å². The minimum Gasteiger partial charge on any atom is -0.437 e. The molecule has 0 aliphatic rings. The van der Waals surface area contributed by atoms with Gasteiger partial charge in [-0.3, -0.25) is 15.2 Å². The van der Waals surface area contributed by atoms with Crippen LogP contribution in [-0.2, 0) is 10.4 Å². The zero-order valence-corrected chi connectivity index (χ0v) is 14.2. The van der Waals surface area contributed by atoms with Gasteiger partial charge in [0.1, 0.15) is 5.52 Å². The van der Waals surface area contributed by atoms with Crippen LogP contribution in [0.1, 0.15) is 12.3 Å². The summed E-state index contributed by atoms with van der Waals surface area (Å²) in [6, 6.07) is 14.5. The molecule has 3 rings (SSSR count). The zero-order chi connectivity index (χ0) is 19.7. The van der Waals surface area contributed by atoms with E-state index in [4.69, 9.17) is 4.42 Å². The first kappa shape index (κ1) is 18.7. The van der Waals surface area contributed by atoms with Crippen LogP contribution in [0.4, 0.5) is 18.9 Å². The summed E-state index contributed by atoms with van der Waals surface area (Å²) in [6.07, 6.45) is -6.48. The van der Waals surface area contributed by atoms with Crippen molar-refractivity contribution in [2.45, 2.75) is 18.2 Å². The van der Waals surface area contributed by atoms with Crippen LogP contribution < -0.4 is 10.4 Å². The first-order valence-corrected chi connectivity index (χ1v) is 7.94. The fourth-order valence-electron chi connectivity index (χ4n) is 2.52. The molecule has 27 heavy (non-hydrogen) atoms. The number of nitrogens with zero attached hydrogens (tertiary/aromatic N) is 2. The number of para-hydroxylation sites is 3. The number of benzene rings is 2. The van der Waals surface area contributed by atoms with Gasteiger partial charge in [0.15, 0.2) is 5.58 Å². The average molecular weight is 379 g/mol. The largest absolute Gasteiger partial charge is 0.437 e. The van der Waals surface area contributed by atoms with E-state index in [9.17, 15) is 23.1 Å². The van der Waals surface area contributed by atoms with E-state index in [0.29, 0.717) is 5.69 Å².